The molecule has 0 spiro atoms. The molecule has 0 N–H and O–H groups in total. The van der Waals surface area contributed by atoms with E-state index in [-0.39, 0.29) is 36.3 Å². The average Bonchev–Trinajstić information content (AvgIpc) is 3.41. The van der Waals surface area contributed by atoms with Crippen LogP contribution in [0.5, 0.6) is 5.75 Å². The summed E-state index contributed by atoms with van der Waals surface area (Å²) in [6, 6.07) is 4.76. The van der Waals surface area contributed by atoms with E-state index < -0.39 is 74.6 Å². The van der Waals surface area contributed by atoms with E-state index in [1.807, 2.05) is 27.7 Å². The van der Waals surface area contributed by atoms with Gasteiger partial charge in [0.25, 0.3) is 0 Å². The lowest BCUT2D eigenvalue weighted by Crippen LogP contribution is -2.53. The normalized spacial score (nSPS) is 37.2. The first-order chi connectivity index (χ1) is 20.5. The fourth-order valence-electron chi connectivity index (χ4n) is 8.31. The van der Waals surface area contributed by atoms with E-state index in [9.17, 15) is 24.0 Å². The maximum atomic E-state index is 14.2. The second kappa shape index (κ2) is 8.43. The van der Waals surface area contributed by atoms with E-state index >= 15 is 0 Å². The van der Waals surface area contributed by atoms with E-state index in [4.69, 9.17) is 28.1 Å². The van der Waals surface area contributed by atoms with Gasteiger partial charge in [-0.2, -0.15) is 0 Å². The first kappa shape index (κ1) is 28.9. The third-order valence-corrected chi connectivity index (χ3v) is 12.5. The van der Waals surface area contributed by atoms with Gasteiger partial charge in [-0.05, 0) is 64.2 Å². The number of hydrogen-bond donors (Lipinski definition) is 0. The van der Waals surface area contributed by atoms with Gasteiger partial charge in [0.1, 0.15) is 17.9 Å². The molecular formula is C33H36O11. The maximum Gasteiger partial charge on any atom is 0.351 e. The van der Waals surface area contributed by atoms with Crippen molar-refractivity contribution in [1.29, 1.82) is 0 Å². The minimum Gasteiger partial charge on any atom is -0.489 e. The van der Waals surface area contributed by atoms with Crippen LogP contribution in [0.2, 0.25) is 0 Å². The van der Waals surface area contributed by atoms with Crippen LogP contribution in [0.25, 0.3) is 11.0 Å². The number of rotatable bonds is 4. The topological polar surface area (TPSA) is 145 Å². The van der Waals surface area contributed by atoms with Crippen molar-refractivity contribution < 1.29 is 47.3 Å². The smallest absolute Gasteiger partial charge is 0.351 e. The summed E-state index contributed by atoms with van der Waals surface area (Å²) >= 11 is 0. The number of aryl methyl sites for hydroxylation is 1. The van der Waals surface area contributed by atoms with Crippen molar-refractivity contribution in [2.24, 2.45) is 21.7 Å². The van der Waals surface area contributed by atoms with Crippen LogP contribution >= 0.6 is 0 Å². The van der Waals surface area contributed by atoms with Crippen molar-refractivity contribution in [2.45, 2.75) is 97.6 Å². The van der Waals surface area contributed by atoms with Crippen molar-refractivity contribution in [1.82, 2.24) is 0 Å². The Morgan fingerprint density at radius 1 is 0.795 bits per heavy atom. The molecule has 4 fully saturated rings. The fourth-order valence-corrected chi connectivity index (χ4v) is 8.31. The van der Waals surface area contributed by atoms with Gasteiger partial charge in [0.15, 0.2) is 12.2 Å². The Labute approximate surface area is 253 Å². The molecule has 234 valence electrons. The highest BCUT2D eigenvalue weighted by Gasteiger charge is 2.78. The third kappa shape index (κ3) is 3.10. The number of hydrogen-bond acceptors (Lipinski definition) is 11. The average molecular weight is 609 g/mol. The standard InChI is InChI=1S/C33H36O11/c1-16-14-20(34)41-22-17(16)8-9-18-21(22)23(42-27(38)33-13-11-31(7,25(36)44-33)29(33,4)5)19(15-39-18)40-26(37)32-12-10-30(6,24(35)43-32)28(32,2)3/h8-9,14,19,23H,10-13,15H2,1-7H3/t19-,23-,30+,31+,32-,33-/m0/s1. The number of fused-ring (bicyclic) bond motifs is 7. The molecule has 44 heavy (non-hydrogen) atoms. The molecule has 5 aliphatic rings. The Bertz CT molecular complexity index is 1750. The predicted octanol–water partition coefficient (Wildman–Crippen LogP) is 4.23. The van der Waals surface area contributed by atoms with Gasteiger partial charge in [-0.15, -0.1) is 0 Å². The van der Waals surface area contributed by atoms with E-state index in [0.29, 0.717) is 23.8 Å². The minimum absolute atomic E-state index is 0.127. The number of esters is 4. The van der Waals surface area contributed by atoms with Crippen LogP contribution in [-0.2, 0) is 38.1 Å². The quantitative estimate of drug-likeness (QED) is 0.279. The van der Waals surface area contributed by atoms with Crippen LogP contribution in [0.15, 0.2) is 27.4 Å². The zero-order valence-electron chi connectivity index (χ0n) is 25.9. The molecular weight excluding hydrogens is 572 g/mol. The highest BCUT2D eigenvalue weighted by molar-refractivity contribution is 5.95. The first-order valence-electron chi connectivity index (χ1n) is 15.1. The Morgan fingerprint density at radius 2 is 1.34 bits per heavy atom. The molecule has 7 rings (SSSR count). The van der Waals surface area contributed by atoms with E-state index in [2.05, 4.69) is 0 Å². The monoisotopic (exact) mass is 608 g/mol. The summed E-state index contributed by atoms with van der Waals surface area (Å²) in [5.74, 6) is -2.21. The molecule has 2 aliphatic carbocycles. The van der Waals surface area contributed by atoms with Crippen molar-refractivity contribution in [3.05, 3.63) is 39.7 Å². The minimum atomic E-state index is -1.57. The fraction of sp³-hybridized carbons (Fsp3) is 0.606. The van der Waals surface area contributed by atoms with Crippen LogP contribution in [0.4, 0.5) is 0 Å². The molecule has 11 heteroatoms. The van der Waals surface area contributed by atoms with Crippen LogP contribution in [0.1, 0.15) is 84.5 Å². The van der Waals surface area contributed by atoms with Crippen LogP contribution in [0, 0.1) is 28.6 Å². The van der Waals surface area contributed by atoms with Crippen molar-refractivity contribution in [2.75, 3.05) is 6.61 Å². The molecule has 6 atom stereocenters. The summed E-state index contributed by atoms with van der Waals surface area (Å²) in [6.07, 6.45) is -1.08. The maximum absolute atomic E-state index is 14.2. The molecule has 0 unspecified atom stereocenters. The Morgan fingerprint density at radius 3 is 1.84 bits per heavy atom. The van der Waals surface area contributed by atoms with Gasteiger partial charge >= 0.3 is 29.5 Å². The third-order valence-electron chi connectivity index (χ3n) is 12.5. The lowest BCUT2D eigenvalue weighted by Gasteiger charge is -2.40. The molecule has 4 heterocycles. The number of benzene rings is 1. The highest BCUT2D eigenvalue weighted by Crippen LogP contribution is 2.67. The van der Waals surface area contributed by atoms with Gasteiger partial charge < -0.3 is 28.1 Å². The molecule has 11 nitrogen and oxygen atoms in total. The number of carbonyl (C=O) groups is 4. The Kier molecular flexibility index (Phi) is 5.53. The molecule has 4 bridgehead atoms. The SMILES string of the molecule is Cc1cc(=O)oc2c3c(ccc12)OC[C@H](OC(=O)[C@]12CC[C@](C)(C(=O)O1)C2(C)C)[C@@H]3OC(=O)[C@]12CC[C@](C)(C(=O)O1)C2(C)C. The van der Waals surface area contributed by atoms with Gasteiger partial charge in [-0.25, -0.2) is 14.4 Å². The molecule has 2 saturated heterocycles. The van der Waals surface area contributed by atoms with E-state index in [0.717, 1.165) is 0 Å². The Balaban J connectivity index is 1.32. The Hall–Kier alpha value is -3.89. The van der Waals surface area contributed by atoms with Crippen molar-refractivity contribution in [3.63, 3.8) is 0 Å². The van der Waals surface area contributed by atoms with Gasteiger partial charge in [0.05, 0.1) is 16.4 Å². The molecule has 1 aromatic carbocycles. The number of ether oxygens (including phenoxy) is 5. The van der Waals surface area contributed by atoms with Gasteiger partial charge in [-0.3, -0.25) is 9.59 Å². The molecule has 2 saturated carbocycles. The lowest BCUT2D eigenvalue weighted by molar-refractivity contribution is -0.205. The molecule has 3 aliphatic heterocycles. The van der Waals surface area contributed by atoms with E-state index in [1.54, 1.807) is 32.9 Å². The molecule has 2 aromatic rings. The van der Waals surface area contributed by atoms with Crippen molar-refractivity contribution in [3.8, 4) is 5.75 Å². The highest BCUT2D eigenvalue weighted by atomic mass is 16.7. The zero-order chi connectivity index (χ0) is 31.8. The van der Waals surface area contributed by atoms with Crippen LogP contribution < -0.4 is 10.4 Å². The summed E-state index contributed by atoms with van der Waals surface area (Å²) < 4.78 is 35.5. The van der Waals surface area contributed by atoms with Crippen LogP contribution in [0.3, 0.4) is 0 Å². The van der Waals surface area contributed by atoms with Crippen LogP contribution in [-0.4, -0.2) is 47.8 Å². The summed E-state index contributed by atoms with van der Waals surface area (Å²) in [4.78, 5) is 66.7. The molecule has 0 radical (unpaired) electrons. The summed E-state index contributed by atoms with van der Waals surface area (Å²) in [6.45, 7) is 12.4. The summed E-state index contributed by atoms with van der Waals surface area (Å²) in [7, 11) is 0. The lowest BCUT2D eigenvalue weighted by atomic mass is 9.66. The molecule has 1 aromatic heterocycles. The second-order valence-corrected chi connectivity index (χ2v) is 14.5. The molecule has 0 amide bonds. The summed E-state index contributed by atoms with van der Waals surface area (Å²) in [5.41, 5.74) is -6.27. The largest absolute Gasteiger partial charge is 0.489 e. The number of carbonyl (C=O) groups excluding carboxylic acids is 4. The first-order valence-corrected chi connectivity index (χ1v) is 15.1. The van der Waals surface area contributed by atoms with Gasteiger partial charge in [-0.1, -0.05) is 27.7 Å². The predicted molar refractivity (Wildman–Crippen MR) is 151 cm³/mol. The van der Waals surface area contributed by atoms with Gasteiger partial charge in [0.2, 0.25) is 11.2 Å². The second-order valence-electron chi connectivity index (χ2n) is 14.5. The van der Waals surface area contributed by atoms with E-state index in [1.165, 1.54) is 6.07 Å². The summed E-state index contributed by atoms with van der Waals surface area (Å²) in [5, 5.41) is 0.579. The van der Waals surface area contributed by atoms with Crippen molar-refractivity contribution >= 4 is 34.8 Å². The zero-order valence-corrected chi connectivity index (χ0v) is 25.9. The van der Waals surface area contributed by atoms with Gasteiger partial charge in [0, 0.05) is 22.3 Å².